The first-order valence-corrected chi connectivity index (χ1v) is 9.55. The predicted octanol–water partition coefficient (Wildman–Crippen LogP) is 2.85. The molecule has 1 N–H and O–H groups in total. The van der Waals surface area contributed by atoms with Crippen LogP contribution in [0.3, 0.4) is 0 Å². The number of aromatic amines is 1. The number of hydrogen-bond acceptors (Lipinski definition) is 5. The van der Waals surface area contributed by atoms with Crippen LogP contribution in [0.25, 0.3) is 16.8 Å². The molecular formula is C21H24N6O2. The molecule has 0 radical (unpaired) electrons. The Balaban J connectivity index is 1.81. The number of aryl methyl sites for hydroxylation is 2. The Hall–Kier alpha value is -3.26. The van der Waals surface area contributed by atoms with Gasteiger partial charge in [0.05, 0.1) is 24.0 Å². The quantitative estimate of drug-likeness (QED) is 0.545. The number of benzene rings is 1. The monoisotopic (exact) mass is 392 g/mol. The Morgan fingerprint density at radius 1 is 1.17 bits per heavy atom. The van der Waals surface area contributed by atoms with Crippen LogP contribution in [-0.4, -0.2) is 36.5 Å². The molecule has 0 saturated heterocycles. The van der Waals surface area contributed by atoms with Crippen LogP contribution in [0.1, 0.15) is 36.0 Å². The van der Waals surface area contributed by atoms with Gasteiger partial charge in [-0.25, -0.2) is 19.2 Å². The van der Waals surface area contributed by atoms with Crippen LogP contribution in [-0.2, 0) is 17.8 Å². The average Bonchev–Trinajstić information content (AvgIpc) is 3.22. The summed E-state index contributed by atoms with van der Waals surface area (Å²) in [6.45, 7) is 6.21. The summed E-state index contributed by atoms with van der Waals surface area (Å²) in [5.74, 6) is 1.58. The van der Waals surface area contributed by atoms with Gasteiger partial charge in [-0.15, -0.1) is 0 Å². The lowest BCUT2D eigenvalue weighted by Gasteiger charge is -2.13. The molecule has 1 atom stereocenters. The molecule has 8 heteroatoms. The topological polar surface area (TPSA) is 90.1 Å². The lowest BCUT2D eigenvalue weighted by atomic mass is 10.1. The standard InChI is InChI=1S/C21H24N6O2/c1-13(26-15(3)22-14(2)24-26)10-17-11-19(28)27-21(23-17)20(18(25-27)12-29-4)16-8-6-5-7-9-16/h5-9,11,13,25H,10,12H2,1-4H3. The number of H-pyrrole nitrogens is 1. The lowest BCUT2D eigenvalue weighted by molar-refractivity contribution is 0.181. The van der Waals surface area contributed by atoms with Crippen molar-refractivity contribution in [2.45, 2.75) is 39.8 Å². The van der Waals surface area contributed by atoms with Crippen molar-refractivity contribution in [3.05, 3.63) is 69.8 Å². The molecule has 1 aromatic carbocycles. The van der Waals surface area contributed by atoms with Gasteiger partial charge in [-0.3, -0.25) is 9.89 Å². The highest BCUT2D eigenvalue weighted by Crippen LogP contribution is 2.27. The molecule has 150 valence electrons. The maximum absolute atomic E-state index is 12.8. The molecule has 0 fully saturated rings. The maximum atomic E-state index is 12.8. The van der Waals surface area contributed by atoms with E-state index in [9.17, 15) is 4.79 Å². The van der Waals surface area contributed by atoms with Crippen LogP contribution < -0.4 is 5.56 Å². The molecule has 3 heterocycles. The zero-order valence-electron chi connectivity index (χ0n) is 17.0. The highest BCUT2D eigenvalue weighted by Gasteiger charge is 2.19. The predicted molar refractivity (Wildman–Crippen MR) is 110 cm³/mol. The third-order valence-electron chi connectivity index (χ3n) is 4.92. The van der Waals surface area contributed by atoms with Gasteiger partial charge in [0.25, 0.3) is 5.56 Å². The molecule has 0 saturated carbocycles. The van der Waals surface area contributed by atoms with Gasteiger partial charge in [-0.05, 0) is 26.3 Å². The highest BCUT2D eigenvalue weighted by molar-refractivity contribution is 5.79. The minimum absolute atomic E-state index is 0.0307. The van der Waals surface area contributed by atoms with Crippen LogP contribution in [0.15, 0.2) is 41.2 Å². The lowest BCUT2D eigenvalue weighted by Crippen LogP contribution is -2.18. The SMILES string of the molecule is COCc1[nH]n2c(=O)cc(CC(C)n3nc(C)nc3C)nc2c1-c1ccccc1. The third kappa shape index (κ3) is 3.58. The molecular weight excluding hydrogens is 368 g/mol. The van der Waals surface area contributed by atoms with E-state index in [4.69, 9.17) is 9.72 Å². The van der Waals surface area contributed by atoms with Crippen LogP contribution in [0, 0.1) is 13.8 Å². The molecule has 3 aromatic heterocycles. The van der Waals surface area contributed by atoms with Crippen molar-refractivity contribution in [2.24, 2.45) is 0 Å². The Morgan fingerprint density at radius 2 is 1.93 bits per heavy atom. The Labute approximate surface area is 168 Å². The third-order valence-corrected chi connectivity index (χ3v) is 4.92. The van der Waals surface area contributed by atoms with Gasteiger partial charge in [0.1, 0.15) is 11.6 Å². The zero-order chi connectivity index (χ0) is 20.5. The second-order valence-corrected chi connectivity index (χ2v) is 7.21. The minimum Gasteiger partial charge on any atom is -0.378 e. The summed E-state index contributed by atoms with van der Waals surface area (Å²) in [6, 6.07) is 11.5. The molecule has 0 spiro atoms. The van der Waals surface area contributed by atoms with Crippen molar-refractivity contribution in [1.29, 1.82) is 0 Å². The summed E-state index contributed by atoms with van der Waals surface area (Å²) >= 11 is 0. The first-order chi connectivity index (χ1) is 14.0. The van der Waals surface area contributed by atoms with Crippen LogP contribution in [0.5, 0.6) is 0 Å². The number of fused-ring (bicyclic) bond motifs is 1. The summed E-state index contributed by atoms with van der Waals surface area (Å²) in [5, 5.41) is 7.60. The number of ether oxygens (including phenoxy) is 1. The summed E-state index contributed by atoms with van der Waals surface area (Å²) in [7, 11) is 1.63. The van der Waals surface area contributed by atoms with E-state index in [1.807, 2.05) is 48.9 Å². The first-order valence-electron chi connectivity index (χ1n) is 9.55. The number of nitrogens with one attached hydrogen (secondary N) is 1. The summed E-state index contributed by atoms with van der Waals surface area (Å²) in [5.41, 5.74) is 3.85. The average molecular weight is 392 g/mol. The fourth-order valence-corrected chi connectivity index (χ4v) is 3.74. The van der Waals surface area contributed by atoms with Crippen LogP contribution in [0.4, 0.5) is 0 Å². The first kappa shape index (κ1) is 19.1. The largest absolute Gasteiger partial charge is 0.378 e. The molecule has 0 aliphatic heterocycles. The molecule has 29 heavy (non-hydrogen) atoms. The van der Waals surface area contributed by atoms with Crippen molar-refractivity contribution >= 4 is 5.65 Å². The van der Waals surface area contributed by atoms with Gasteiger partial charge in [-0.2, -0.15) is 5.10 Å². The molecule has 0 amide bonds. The van der Waals surface area contributed by atoms with E-state index in [-0.39, 0.29) is 11.6 Å². The van der Waals surface area contributed by atoms with Gasteiger partial charge in [0.2, 0.25) is 0 Å². The van der Waals surface area contributed by atoms with Gasteiger partial charge < -0.3 is 4.74 Å². The fraction of sp³-hybridized carbons (Fsp3) is 0.333. The molecule has 4 aromatic rings. The number of rotatable bonds is 6. The maximum Gasteiger partial charge on any atom is 0.272 e. The second-order valence-electron chi connectivity index (χ2n) is 7.21. The Morgan fingerprint density at radius 3 is 2.59 bits per heavy atom. The molecule has 0 aliphatic carbocycles. The minimum atomic E-state index is -0.150. The number of aromatic nitrogens is 6. The Kier molecular flexibility index (Phi) is 5.02. The van der Waals surface area contributed by atoms with Gasteiger partial charge in [-0.1, -0.05) is 30.3 Å². The zero-order valence-corrected chi connectivity index (χ0v) is 17.0. The summed E-state index contributed by atoms with van der Waals surface area (Å²) in [6.07, 6.45) is 0.578. The molecule has 0 aliphatic rings. The van der Waals surface area contributed by atoms with Crippen LogP contribution >= 0.6 is 0 Å². The van der Waals surface area contributed by atoms with Gasteiger partial charge in [0.15, 0.2) is 5.65 Å². The van der Waals surface area contributed by atoms with E-state index in [1.54, 1.807) is 13.2 Å². The van der Waals surface area contributed by atoms with Crippen molar-refractivity contribution in [3.63, 3.8) is 0 Å². The molecule has 0 bridgehead atoms. The molecule has 8 nitrogen and oxygen atoms in total. The highest BCUT2D eigenvalue weighted by atomic mass is 16.5. The number of nitrogens with zero attached hydrogens (tertiary/aromatic N) is 5. The van der Waals surface area contributed by atoms with Gasteiger partial charge in [0, 0.05) is 25.2 Å². The Bertz CT molecular complexity index is 1210. The van der Waals surface area contributed by atoms with E-state index >= 15 is 0 Å². The van der Waals surface area contributed by atoms with Gasteiger partial charge >= 0.3 is 0 Å². The smallest absolute Gasteiger partial charge is 0.272 e. The van der Waals surface area contributed by atoms with Crippen molar-refractivity contribution in [3.8, 4) is 11.1 Å². The molecule has 1 unspecified atom stereocenters. The summed E-state index contributed by atoms with van der Waals surface area (Å²) < 4.78 is 8.70. The fourth-order valence-electron chi connectivity index (χ4n) is 3.74. The van der Waals surface area contributed by atoms with E-state index < -0.39 is 0 Å². The normalized spacial score (nSPS) is 12.6. The summed E-state index contributed by atoms with van der Waals surface area (Å²) in [4.78, 5) is 22.0. The van der Waals surface area contributed by atoms with Crippen molar-refractivity contribution in [1.82, 2.24) is 29.4 Å². The van der Waals surface area contributed by atoms with E-state index in [2.05, 4.69) is 22.1 Å². The van der Waals surface area contributed by atoms with Crippen molar-refractivity contribution in [2.75, 3.05) is 7.11 Å². The van der Waals surface area contributed by atoms with Crippen molar-refractivity contribution < 1.29 is 4.74 Å². The molecule has 4 rings (SSSR count). The van der Waals surface area contributed by atoms with E-state index in [0.29, 0.717) is 18.7 Å². The van der Waals surface area contributed by atoms with E-state index in [1.165, 1.54) is 4.52 Å². The second kappa shape index (κ2) is 7.63. The number of hydrogen-bond donors (Lipinski definition) is 1. The number of methoxy groups -OCH3 is 1. The van der Waals surface area contributed by atoms with Crippen LogP contribution in [0.2, 0.25) is 0 Å². The van der Waals surface area contributed by atoms with E-state index in [0.717, 1.165) is 34.2 Å².